The largest absolute Gasteiger partial charge is 0.459 e. The first-order chi connectivity index (χ1) is 9.90. The van der Waals surface area contributed by atoms with Gasteiger partial charge in [-0.1, -0.05) is 27.5 Å². The molecule has 0 aromatic heterocycles. The van der Waals surface area contributed by atoms with Crippen LogP contribution in [0.25, 0.3) is 0 Å². The van der Waals surface area contributed by atoms with Crippen molar-refractivity contribution in [2.24, 2.45) is 10.8 Å². The van der Waals surface area contributed by atoms with E-state index in [0.29, 0.717) is 12.8 Å². The summed E-state index contributed by atoms with van der Waals surface area (Å²) in [6.07, 6.45) is 0.768. The molecule has 0 bridgehead atoms. The maximum atomic E-state index is 12.6. The highest BCUT2D eigenvalue weighted by molar-refractivity contribution is 6.88. The lowest BCUT2D eigenvalue weighted by molar-refractivity contribution is -0.173. The molecule has 0 aliphatic carbocycles. The van der Waals surface area contributed by atoms with Crippen molar-refractivity contribution in [1.82, 2.24) is 0 Å². The summed E-state index contributed by atoms with van der Waals surface area (Å²) in [7, 11) is 0. The second-order valence-corrected chi connectivity index (χ2v) is 9.60. The van der Waals surface area contributed by atoms with Gasteiger partial charge in [-0.3, -0.25) is 4.79 Å². The molecule has 0 fully saturated rings. The lowest BCUT2D eigenvalue weighted by Crippen LogP contribution is -2.44. The number of carbonyl (C=O) groups excluding carboxylic acids is 2. The zero-order valence-corrected chi connectivity index (χ0v) is 16.7. The average Bonchev–Trinajstić information content (AvgIpc) is 2.21. The molecule has 0 heterocycles. The first-order valence-corrected chi connectivity index (χ1v) is 8.40. The van der Waals surface area contributed by atoms with Crippen LogP contribution in [-0.4, -0.2) is 34.7 Å². The third kappa shape index (κ3) is 7.51. The van der Waals surface area contributed by atoms with E-state index in [9.17, 15) is 14.7 Å². The van der Waals surface area contributed by atoms with Crippen molar-refractivity contribution < 1.29 is 19.4 Å². The molecule has 0 amide bonds. The van der Waals surface area contributed by atoms with Crippen LogP contribution in [0.3, 0.4) is 0 Å². The van der Waals surface area contributed by atoms with Gasteiger partial charge in [0, 0.05) is 11.8 Å². The molecule has 134 valence electrons. The van der Waals surface area contributed by atoms with Crippen molar-refractivity contribution in [3.8, 4) is 0 Å². The fraction of sp³-hybridized carbons (Fsp3) is 0.889. The molecule has 0 aromatic rings. The van der Waals surface area contributed by atoms with Gasteiger partial charge in [-0.2, -0.15) is 0 Å². The Bertz CT molecular complexity index is 442. The van der Waals surface area contributed by atoms with Crippen LogP contribution in [0.2, 0.25) is 13.6 Å². The molecule has 1 N–H and O–H groups in total. The quantitative estimate of drug-likeness (QED) is 0.545. The van der Waals surface area contributed by atoms with Gasteiger partial charge in [-0.25, -0.2) is 0 Å². The highest BCUT2D eigenvalue weighted by Crippen LogP contribution is 2.37. The van der Waals surface area contributed by atoms with E-state index in [4.69, 9.17) is 4.74 Å². The van der Waals surface area contributed by atoms with Crippen LogP contribution in [0.5, 0.6) is 0 Å². The van der Waals surface area contributed by atoms with E-state index in [1.54, 1.807) is 27.7 Å². The maximum absolute atomic E-state index is 12.6. The van der Waals surface area contributed by atoms with E-state index in [0.717, 1.165) is 0 Å². The summed E-state index contributed by atoms with van der Waals surface area (Å²) in [5, 5.41) is 9.95. The molecule has 0 unspecified atom stereocenters. The fourth-order valence-electron chi connectivity index (χ4n) is 3.51. The van der Waals surface area contributed by atoms with Crippen molar-refractivity contribution >= 4 is 18.4 Å². The lowest BCUT2D eigenvalue weighted by atomic mass is 9.44. The molecule has 0 spiro atoms. The SMILES string of the molecule is CB(C)C(=O)C(C)(C)CC(C)(C)C(=O)OC(C)(C)CC(C)(C)O. The monoisotopic (exact) mass is 326 g/mol. The standard InChI is InChI=1S/C18H35BO4/c1-15(2,13(20)19(9)10)11-16(3,4)14(21)23-18(7,8)12-17(5,6)22/h22H,11-12H2,1-10H3. The van der Waals surface area contributed by atoms with Crippen LogP contribution in [0, 0.1) is 10.8 Å². The number of esters is 1. The molecule has 0 radical (unpaired) electrons. The van der Waals surface area contributed by atoms with Crippen LogP contribution in [0.4, 0.5) is 0 Å². The van der Waals surface area contributed by atoms with Gasteiger partial charge in [0.15, 0.2) is 0 Å². The molecule has 0 rings (SSSR count). The molecule has 0 aliphatic heterocycles. The van der Waals surface area contributed by atoms with E-state index < -0.39 is 22.0 Å². The second-order valence-electron chi connectivity index (χ2n) is 9.60. The van der Waals surface area contributed by atoms with Gasteiger partial charge in [0.2, 0.25) is 6.71 Å². The Morgan fingerprint density at radius 2 is 1.30 bits per heavy atom. The van der Waals surface area contributed by atoms with Gasteiger partial charge in [0.1, 0.15) is 5.60 Å². The van der Waals surface area contributed by atoms with Crippen molar-refractivity contribution in [1.29, 1.82) is 0 Å². The third-order valence-corrected chi connectivity index (χ3v) is 3.86. The molecule has 0 aliphatic rings. The molecule has 0 atom stereocenters. The maximum Gasteiger partial charge on any atom is 0.312 e. The number of carbonyl (C=O) groups is 2. The molecule has 4 nitrogen and oxygen atoms in total. The topological polar surface area (TPSA) is 63.6 Å². The lowest BCUT2D eigenvalue weighted by Gasteiger charge is -2.37. The number of rotatable bonds is 8. The fourth-order valence-corrected chi connectivity index (χ4v) is 3.51. The molecule has 0 saturated heterocycles. The Morgan fingerprint density at radius 1 is 0.870 bits per heavy atom. The van der Waals surface area contributed by atoms with Crippen molar-refractivity contribution in [3.05, 3.63) is 0 Å². The first kappa shape index (κ1) is 22.2. The molecular formula is C18H35BO4. The Morgan fingerprint density at radius 3 is 1.65 bits per heavy atom. The summed E-state index contributed by atoms with van der Waals surface area (Å²) in [6, 6.07) is 0. The number of hydrogen-bond donors (Lipinski definition) is 1. The predicted molar refractivity (Wildman–Crippen MR) is 95.8 cm³/mol. The smallest absolute Gasteiger partial charge is 0.312 e. The van der Waals surface area contributed by atoms with E-state index >= 15 is 0 Å². The normalized spacial score (nSPS) is 13.7. The summed E-state index contributed by atoms with van der Waals surface area (Å²) < 4.78 is 5.65. The van der Waals surface area contributed by atoms with Gasteiger partial charge in [-0.15, -0.1) is 0 Å². The van der Waals surface area contributed by atoms with Gasteiger partial charge in [0.25, 0.3) is 0 Å². The van der Waals surface area contributed by atoms with Crippen LogP contribution < -0.4 is 0 Å². The van der Waals surface area contributed by atoms with Gasteiger partial charge < -0.3 is 14.6 Å². The van der Waals surface area contributed by atoms with Crippen molar-refractivity contribution in [3.63, 3.8) is 0 Å². The summed E-state index contributed by atoms with van der Waals surface area (Å²) in [4.78, 5) is 25.0. The minimum Gasteiger partial charge on any atom is -0.459 e. The molecule has 5 heteroatoms. The Balaban J connectivity index is 5.08. The zero-order chi connectivity index (χ0) is 18.9. The third-order valence-electron chi connectivity index (χ3n) is 3.86. The minimum absolute atomic E-state index is 0.0663. The van der Waals surface area contributed by atoms with Gasteiger partial charge in [0.05, 0.1) is 16.7 Å². The predicted octanol–water partition coefficient (Wildman–Crippen LogP) is 3.77. The first-order valence-electron chi connectivity index (χ1n) is 8.40. The average molecular weight is 326 g/mol. The summed E-state index contributed by atoms with van der Waals surface area (Å²) in [5.41, 5.74) is -2.89. The molecule has 0 saturated carbocycles. The number of ether oxygens (including phenoxy) is 1. The Kier molecular flexibility index (Phi) is 6.71. The number of hydrogen-bond acceptors (Lipinski definition) is 4. The van der Waals surface area contributed by atoms with Crippen LogP contribution in [0.15, 0.2) is 0 Å². The van der Waals surface area contributed by atoms with Gasteiger partial charge >= 0.3 is 5.97 Å². The Labute approximate surface area is 142 Å². The minimum atomic E-state index is -0.916. The Hall–Kier alpha value is -0.835. The van der Waals surface area contributed by atoms with Gasteiger partial charge in [-0.05, 0) is 48.0 Å². The highest BCUT2D eigenvalue weighted by atomic mass is 16.6. The van der Waals surface area contributed by atoms with E-state index in [1.165, 1.54) is 0 Å². The van der Waals surface area contributed by atoms with Crippen molar-refractivity contribution in [2.75, 3.05) is 0 Å². The summed E-state index contributed by atoms with van der Waals surface area (Å²) >= 11 is 0. The molecular weight excluding hydrogens is 291 g/mol. The van der Waals surface area contributed by atoms with E-state index in [1.807, 2.05) is 41.3 Å². The van der Waals surface area contributed by atoms with Crippen molar-refractivity contribution in [2.45, 2.75) is 93.1 Å². The second kappa shape index (κ2) is 6.96. The summed E-state index contributed by atoms with van der Waals surface area (Å²) in [6.45, 7) is 18.0. The van der Waals surface area contributed by atoms with E-state index in [2.05, 4.69) is 0 Å². The van der Waals surface area contributed by atoms with E-state index in [-0.39, 0.29) is 18.4 Å². The zero-order valence-electron chi connectivity index (χ0n) is 16.7. The molecule has 0 aromatic carbocycles. The van der Waals surface area contributed by atoms with Crippen LogP contribution >= 0.6 is 0 Å². The van der Waals surface area contributed by atoms with Crippen LogP contribution in [-0.2, 0) is 14.3 Å². The summed E-state index contributed by atoms with van der Waals surface area (Å²) in [5.74, 6) is -0.337. The molecule has 23 heavy (non-hydrogen) atoms. The highest BCUT2D eigenvalue weighted by Gasteiger charge is 2.42. The van der Waals surface area contributed by atoms with Crippen LogP contribution in [0.1, 0.15) is 68.2 Å². The number of aliphatic hydroxyl groups is 1.